The van der Waals surface area contributed by atoms with Crippen molar-refractivity contribution in [2.75, 3.05) is 18.1 Å². The largest absolute Gasteiger partial charge is 0.465 e. The Balaban J connectivity index is 2.58. The number of hydrogen-bond donors (Lipinski definition) is 1. The molecule has 1 aliphatic rings. The first-order valence-electron chi connectivity index (χ1n) is 7.67. The van der Waals surface area contributed by atoms with Crippen LogP contribution in [0.4, 0.5) is 5.69 Å². The van der Waals surface area contributed by atoms with Crippen LogP contribution in [0.3, 0.4) is 0 Å². The Morgan fingerprint density at radius 3 is 2.27 bits per heavy atom. The van der Waals surface area contributed by atoms with E-state index >= 15 is 0 Å². The quantitative estimate of drug-likeness (QED) is 0.351. The van der Waals surface area contributed by atoms with E-state index in [1.807, 2.05) is 0 Å². The van der Waals surface area contributed by atoms with E-state index in [1.165, 1.54) is 18.4 Å². The third-order valence-electron chi connectivity index (χ3n) is 3.88. The summed E-state index contributed by atoms with van der Waals surface area (Å²) in [4.78, 5) is 48.8. The van der Waals surface area contributed by atoms with E-state index in [4.69, 9.17) is 11.6 Å². The van der Waals surface area contributed by atoms with E-state index in [2.05, 4.69) is 15.3 Å². The number of hydrogen-bond acceptors (Lipinski definition) is 6. The average Bonchev–Trinajstić information content (AvgIpc) is 2.54. The van der Waals surface area contributed by atoms with Gasteiger partial charge in [-0.3, -0.25) is 14.4 Å². The molecule has 9 heteroatoms. The zero-order chi connectivity index (χ0) is 19.6. The number of anilines is 1. The number of halogens is 1. The minimum Gasteiger partial charge on any atom is -0.465 e. The van der Waals surface area contributed by atoms with Gasteiger partial charge in [-0.15, -0.1) is 0 Å². The van der Waals surface area contributed by atoms with Crippen molar-refractivity contribution in [3.05, 3.63) is 28.3 Å². The van der Waals surface area contributed by atoms with E-state index in [0.29, 0.717) is 6.42 Å². The van der Waals surface area contributed by atoms with Gasteiger partial charge in [-0.25, -0.2) is 9.00 Å². The highest BCUT2D eigenvalue weighted by molar-refractivity contribution is 8.00. The summed E-state index contributed by atoms with van der Waals surface area (Å²) >= 11 is 6.26. The van der Waals surface area contributed by atoms with Crippen LogP contribution < -0.4 is 4.72 Å². The van der Waals surface area contributed by atoms with E-state index in [1.54, 1.807) is 0 Å². The van der Waals surface area contributed by atoms with Crippen LogP contribution in [-0.4, -0.2) is 46.8 Å². The number of esters is 1. The maximum Gasteiger partial charge on any atom is 0.340 e. The van der Waals surface area contributed by atoms with Gasteiger partial charge in [-0.1, -0.05) is 11.6 Å². The molecule has 0 bridgehead atoms. The molecule has 1 atom stereocenters. The molecule has 2 rings (SSSR count). The lowest BCUT2D eigenvalue weighted by Crippen LogP contribution is -2.35. The van der Waals surface area contributed by atoms with Gasteiger partial charge < -0.3 is 9.46 Å². The Labute approximate surface area is 156 Å². The third-order valence-corrected chi connectivity index (χ3v) is 4.91. The first-order chi connectivity index (χ1) is 12.1. The van der Waals surface area contributed by atoms with Crippen LogP contribution in [0.5, 0.6) is 0 Å². The Kier molecular flexibility index (Phi) is 5.87. The molecule has 1 fully saturated rings. The average molecular weight is 400 g/mol. The molecule has 1 N–H and O–H groups in total. The minimum absolute atomic E-state index is 0.0476. The summed E-state index contributed by atoms with van der Waals surface area (Å²) in [7, 11) is -1.68. The molecule has 26 heavy (non-hydrogen) atoms. The Morgan fingerprint density at radius 1 is 1.23 bits per heavy atom. The summed E-state index contributed by atoms with van der Waals surface area (Å²) in [6, 6.07) is 2.51. The van der Waals surface area contributed by atoms with Gasteiger partial charge in [0.25, 0.3) is 0 Å². The van der Waals surface area contributed by atoms with Gasteiger partial charge in [0.15, 0.2) is 17.3 Å². The van der Waals surface area contributed by atoms with Crippen molar-refractivity contribution in [2.24, 2.45) is 5.92 Å². The number of rotatable bonds is 5. The third kappa shape index (κ3) is 4.13. The van der Waals surface area contributed by atoms with Gasteiger partial charge in [-0.05, 0) is 24.4 Å². The fourth-order valence-corrected chi connectivity index (χ4v) is 3.72. The summed E-state index contributed by atoms with van der Waals surface area (Å²) in [5, 5.41) is -0.220. The lowest BCUT2D eigenvalue weighted by molar-refractivity contribution is -0.133. The van der Waals surface area contributed by atoms with Crippen molar-refractivity contribution >= 4 is 56.2 Å². The molecule has 7 nitrogen and oxygen atoms in total. The highest BCUT2D eigenvalue weighted by Crippen LogP contribution is 2.34. The normalized spacial score (nSPS) is 17.5. The number of benzene rings is 1. The molecule has 0 aromatic heterocycles. The molecule has 0 amide bonds. The monoisotopic (exact) mass is 399 g/mol. The molecule has 1 saturated carbocycles. The predicted octanol–water partition coefficient (Wildman–Crippen LogP) is 1.92. The van der Waals surface area contributed by atoms with Crippen LogP contribution in [0, 0.1) is 5.92 Å². The van der Waals surface area contributed by atoms with Crippen LogP contribution in [0.2, 0.25) is 5.02 Å². The standard InChI is InChI=1S/C17H18ClNO6S/c1-25-17(23)10-8-7-9(14(18)15(10)19-26(2,3)24)16(22)13-11(20)5-4-6-12(13)21/h7-8,13H,2,4-6H2,1,3H3,(H,19,24). The van der Waals surface area contributed by atoms with E-state index in [9.17, 15) is 23.4 Å². The molecule has 0 radical (unpaired) electrons. The molecule has 0 aliphatic heterocycles. The summed E-state index contributed by atoms with van der Waals surface area (Å²) in [5.41, 5.74) is -0.254. The fraction of sp³-hybridized carbons (Fsp3) is 0.353. The molecule has 0 saturated heterocycles. The summed E-state index contributed by atoms with van der Waals surface area (Å²) < 4.78 is 19.2. The van der Waals surface area contributed by atoms with Crippen molar-refractivity contribution in [3.8, 4) is 0 Å². The fourth-order valence-electron chi connectivity index (χ4n) is 2.72. The number of Topliss-reactive ketones (excluding diaryl/α,β-unsaturated/α-hetero) is 3. The van der Waals surface area contributed by atoms with Gasteiger partial charge in [-0.2, -0.15) is 0 Å². The zero-order valence-electron chi connectivity index (χ0n) is 14.3. The highest BCUT2D eigenvalue weighted by atomic mass is 35.5. The number of methoxy groups -OCH3 is 1. The van der Waals surface area contributed by atoms with Crippen LogP contribution in [-0.2, 0) is 24.0 Å². The molecule has 140 valence electrons. The molecule has 1 aromatic rings. The van der Waals surface area contributed by atoms with Gasteiger partial charge in [0.1, 0.15) is 5.92 Å². The lowest BCUT2D eigenvalue weighted by atomic mass is 9.81. The summed E-state index contributed by atoms with van der Waals surface area (Å²) in [6.07, 6.45) is 2.00. The topological polar surface area (TPSA) is 107 Å². The smallest absolute Gasteiger partial charge is 0.340 e. The number of carbonyl (C=O) groups excluding carboxylic acids is 4. The molecule has 0 heterocycles. The predicted molar refractivity (Wildman–Crippen MR) is 99.3 cm³/mol. The second-order valence-corrected chi connectivity index (χ2v) is 8.62. The van der Waals surface area contributed by atoms with Crippen LogP contribution in [0.1, 0.15) is 40.0 Å². The lowest BCUT2D eigenvalue weighted by Gasteiger charge is -2.20. The minimum atomic E-state index is -2.84. The maximum atomic E-state index is 12.8. The van der Waals surface area contributed by atoms with Crippen molar-refractivity contribution in [2.45, 2.75) is 19.3 Å². The Bertz CT molecular complexity index is 890. The van der Waals surface area contributed by atoms with Crippen molar-refractivity contribution in [3.63, 3.8) is 0 Å². The second kappa shape index (κ2) is 7.59. The van der Waals surface area contributed by atoms with Crippen LogP contribution in [0.25, 0.3) is 0 Å². The van der Waals surface area contributed by atoms with E-state index in [0.717, 1.165) is 7.11 Å². The van der Waals surface area contributed by atoms with Gasteiger partial charge in [0.2, 0.25) is 0 Å². The first-order valence-corrected chi connectivity index (χ1v) is 10.2. The maximum absolute atomic E-state index is 12.8. The molecule has 1 unspecified atom stereocenters. The summed E-state index contributed by atoms with van der Waals surface area (Å²) in [5.74, 6) is -0.374. The number of ketones is 3. The number of carbonyl (C=O) groups is 4. The van der Waals surface area contributed by atoms with E-state index in [-0.39, 0.29) is 34.7 Å². The first kappa shape index (κ1) is 20.1. The van der Waals surface area contributed by atoms with Crippen molar-refractivity contribution in [1.82, 2.24) is 0 Å². The SMILES string of the molecule is C=S(C)(=O)Nc1c(C(=O)OC)ccc(C(=O)C2C(=O)CCCC2=O)c1Cl. The zero-order valence-corrected chi connectivity index (χ0v) is 15.9. The van der Waals surface area contributed by atoms with Crippen LogP contribution >= 0.6 is 11.6 Å². The second-order valence-electron chi connectivity index (χ2n) is 6.03. The summed E-state index contributed by atoms with van der Waals surface area (Å²) in [6.45, 7) is 0. The van der Waals surface area contributed by atoms with Gasteiger partial charge in [0.05, 0.1) is 23.4 Å². The highest BCUT2D eigenvalue weighted by Gasteiger charge is 2.38. The van der Waals surface area contributed by atoms with Gasteiger partial charge in [0, 0.05) is 34.4 Å². The molecule has 1 aromatic carbocycles. The molecule has 0 spiro atoms. The molecule has 1 aliphatic carbocycles. The Hall–Kier alpha value is -2.19. The van der Waals surface area contributed by atoms with Crippen molar-refractivity contribution in [1.29, 1.82) is 0 Å². The molecular formula is C17H18ClNO6S. The van der Waals surface area contributed by atoms with E-state index < -0.39 is 38.9 Å². The number of ether oxygens (including phenoxy) is 1. The van der Waals surface area contributed by atoms with Crippen molar-refractivity contribution < 1.29 is 28.1 Å². The Morgan fingerprint density at radius 2 is 1.77 bits per heavy atom. The van der Waals surface area contributed by atoms with Crippen LogP contribution in [0.15, 0.2) is 12.1 Å². The molecular weight excluding hydrogens is 382 g/mol. The van der Waals surface area contributed by atoms with Gasteiger partial charge >= 0.3 is 5.97 Å². The number of nitrogens with one attached hydrogen (secondary N) is 1.